The van der Waals surface area contributed by atoms with Crippen LogP contribution in [0.5, 0.6) is 0 Å². The molecule has 1 aliphatic carbocycles. The van der Waals surface area contributed by atoms with E-state index in [-0.39, 0.29) is 0 Å². The minimum atomic E-state index is 0.792. The normalized spacial score (nSPS) is 26.4. The molecule has 2 atom stereocenters. The summed E-state index contributed by atoms with van der Waals surface area (Å²) in [5, 5.41) is 3.63. The first-order valence-corrected chi connectivity index (χ1v) is 6.94. The molecule has 0 aliphatic heterocycles. The molecule has 0 bridgehead atoms. The van der Waals surface area contributed by atoms with E-state index >= 15 is 0 Å². The predicted molar refractivity (Wildman–Crippen MR) is 68.1 cm³/mol. The van der Waals surface area contributed by atoms with E-state index < -0.39 is 0 Å². The fourth-order valence-corrected chi connectivity index (χ4v) is 2.79. The summed E-state index contributed by atoms with van der Waals surface area (Å²) < 4.78 is 0. The van der Waals surface area contributed by atoms with Crippen LogP contribution in [0.3, 0.4) is 0 Å². The molecule has 0 spiro atoms. The van der Waals surface area contributed by atoms with E-state index in [1.807, 2.05) is 0 Å². The third-order valence-electron chi connectivity index (χ3n) is 3.70. The van der Waals surface area contributed by atoms with E-state index in [1.54, 1.807) is 0 Å². The Morgan fingerprint density at radius 3 is 2.60 bits per heavy atom. The highest BCUT2D eigenvalue weighted by molar-refractivity contribution is 4.79. The van der Waals surface area contributed by atoms with Crippen LogP contribution in [0.2, 0.25) is 0 Å². The van der Waals surface area contributed by atoms with Crippen LogP contribution in [0.1, 0.15) is 59.3 Å². The third kappa shape index (κ3) is 5.01. The highest BCUT2D eigenvalue weighted by Crippen LogP contribution is 2.34. The zero-order valence-electron chi connectivity index (χ0n) is 10.9. The van der Waals surface area contributed by atoms with Crippen molar-refractivity contribution in [2.45, 2.75) is 59.3 Å². The molecule has 1 N–H and O–H groups in total. The first-order valence-electron chi connectivity index (χ1n) is 6.94. The molecule has 1 aliphatic rings. The van der Waals surface area contributed by atoms with Crippen molar-refractivity contribution in [1.29, 1.82) is 0 Å². The predicted octanol–water partition coefficient (Wildman–Crippen LogP) is 3.84. The summed E-state index contributed by atoms with van der Waals surface area (Å²) in [6.07, 6.45) is 8.72. The average molecular weight is 211 g/mol. The Hall–Kier alpha value is -0.0400. The fourth-order valence-electron chi connectivity index (χ4n) is 2.79. The largest absolute Gasteiger partial charge is 0.316 e. The fraction of sp³-hybridized carbons (Fsp3) is 1.00. The molecule has 1 heteroatoms. The van der Waals surface area contributed by atoms with Crippen molar-refractivity contribution in [3.8, 4) is 0 Å². The molecule has 0 saturated heterocycles. The minimum absolute atomic E-state index is 0.792. The summed E-state index contributed by atoms with van der Waals surface area (Å²) in [5.41, 5.74) is 0. The lowest BCUT2D eigenvalue weighted by atomic mass is 9.91. The van der Waals surface area contributed by atoms with E-state index in [0.29, 0.717) is 0 Å². The van der Waals surface area contributed by atoms with Gasteiger partial charge in [0, 0.05) is 0 Å². The highest BCUT2D eigenvalue weighted by Gasteiger charge is 2.25. The Bertz CT molecular complexity index is 153. The second-order valence-electron chi connectivity index (χ2n) is 5.65. The molecule has 1 nitrogen and oxygen atoms in total. The summed E-state index contributed by atoms with van der Waals surface area (Å²) >= 11 is 0. The van der Waals surface area contributed by atoms with Crippen molar-refractivity contribution in [2.75, 3.05) is 13.1 Å². The summed E-state index contributed by atoms with van der Waals surface area (Å²) in [7, 11) is 0. The van der Waals surface area contributed by atoms with Crippen LogP contribution in [0, 0.1) is 17.8 Å². The molecule has 0 amide bonds. The third-order valence-corrected chi connectivity index (χ3v) is 3.70. The van der Waals surface area contributed by atoms with Crippen molar-refractivity contribution < 1.29 is 0 Å². The second kappa shape index (κ2) is 7.27. The highest BCUT2D eigenvalue weighted by atomic mass is 14.9. The van der Waals surface area contributed by atoms with Crippen molar-refractivity contribution >= 4 is 0 Å². The monoisotopic (exact) mass is 211 g/mol. The second-order valence-corrected chi connectivity index (χ2v) is 5.65. The molecule has 1 rings (SSSR count). The van der Waals surface area contributed by atoms with Gasteiger partial charge in [0.15, 0.2) is 0 Å². The SMILES string of the molecule is CCCCC1CCCC1CNCC(C)C. The molecule has 0 aromatic rings. The topological polar surface area (TPSA) is 12.0 Å². The zero-order valence-corrected chi connectivity index (χ0v) is 10.9. The zero-order chi connectivity index (χ0) is 11.1. The van der Waals surface area contributed by atoms with Gasteiger partial charge in [0.25, 0.3) is 0 Å². The number of unbranched alkanes of at least 4 members (excludes halogenated alkanes) is 1. The molecule has 1 fully saturated rings. The molecule has 0 heterocycles. The van der Waals surface area contributed by atoms with E-state index in [0.717, 1.165) is 17.8 Å². The Morgan fingerprint density at radius 1 is 1.20 bits per heavy atom. The van der Waals surface area contributed by atoms with Crippen molar-refractivity contribution in [3.05, 3.63) is 0 Å². The van der Waals surface area contributed by atoms with Gasteiger partial charge in [-0.25, -0.2) is 0 Å². The van der Waals surface area contributed by atoms with Crippen LogP contribution in [0.4, 0.5) is 0 Å². The molecule has 0 aromatic heterocycles. The first kappa shape index (κ1) is 13.0. The molecule has 1 saturated carbocycles. The van der Waals surface area contributed by atoms with Crippen LogP contribution in [0.15, 0.2) is 0 Å². The standard InChI is InChI=1S/C14H29N/c1-4-5-7-13-8-6-9-14(13)11-15-10-12(2)3/h12-15H,4-11H2,1-3H3. The maximum atomic E-state index is 3.63. The van der Waals surface area contributed by atoms with Crippen LogP contribution in [-0.4, -0.2) is 13.1 Å². The van der Waals surface area contributed by atoms with Gasteiger partial charge in [-0.2, -0.15) is 0 Å². The lowest BCUT2D eigenvalue weighted by Crippen LogP contribution is -2.28. The van der Waals surface area contributed by atoms with Gasteiger partial charge in [-0.05, 0) is 37.3 Å². The van der Waals surface area contributed by atoms with Crippen molar-refractivity contribution in [3.63, 3.8) is 0 Å². The van der Waals surface area contributed by atoms with Gasteiger partial charge >= 0.3 is 0 Å². The molecule has 2 unspecified atom stereocenters. The summed E-state index contributed by atoms with van der Waals surface area (Å²) in [6.45, 7) is 9.34. The molecular formula is C14H29N. The van der Waals surface area contributed by atoms with Crippen LogP contribution >= 0.6 is 0 Å². The van der Waals surface area contributed by atoms with E-state index in [2.05, 4.69) is 26.1 Å². The van der Waals surface area contributed by atoms with E-state index in [9.17, 15) is 0 Å². The van der Waals surface area contributed by atoms with Gasteiger partial charge in [0.1, 0.15) is 0 Å². The molecule has 0 radical (unpaired) electrons. The van der Waals surface area contributed by atoms with Gasteiger partial charge in [-0.3, -0.25) is 0 Å². The Kier molecular flexibility index (Phi) is 6.31. The van der Waals surface area contributed by atoms with Gasteiger partial charge in [-0.15, -0.1) is 0 Å². The molecule has 15 heavy (non-hydrogen) atoms. The lowest BCUT2D eigenvalue weighted by molar-refractivity contribution is 0.334. The lowest BCUT2D eigenvalue weighted by Gasteiger charge is -2.20. The summed E-state index contributed by atoms with van der Waals surface area (Å²) in [5.74, 6) is 2.81. The molecule has 90 valence electrons. The number of hydrogen-bond acceptors (Lipinski definition) is 1. The Labute approximate surface area is 96.0 Å². The van der Waals surface area contributed by atoms with Crippen LogP contribution in [-0.2, 0) is 0 Å². The van der Waals surface area contributed by atoms with Crippen LogP contribution < -0.4 is 5.32 Å². The maximum absolute atomic E-state index is 3.63. The summed E-state index contributed by atoms with van der Waals surface area (Å²) in [6, 6.07) is 0. The first-order chi connectivity index (χ1) is 7.24. The van der Waals surface area contributed by atoms with Gasteiger partial charge in [-0.1, -0.05) is 52.9 Å². The molecule has 0 aromatic carbocycles. The smallest absolute Gasteiger partial charge is 0.00178 e. The van der Waals surface area contributed by atoms with Gasteiger partial charge in [0.2, 0.25) is 0 Å². The van der Waals surface area contributed by atoms with Crippen LogP contribution in [0.25, 0.3) is 0 Å². The maximum Gasteiger partial charge on any atom is -0.00178 e. The number of rotatable bonds is 7. The Morgan fingerprint density at radius 2 is 1.93 bits per heavy atom. The molecular weight excluding hydrogens is 182 g/mol. The minimum Gasteiger partial charge on any atom is -0.316 e. The van der Waals surface area contributed by atoms with Gasteiger partial charge in [0.05, 0.1) is 0 Å². The van der Waals surface area contributed by atoms with Crippen molar-refractivity contribution in [1.82, 2.24) is 5.32 Å². The van der Waals surface area contributed by atoms with Crippen molar-refractivity contribution in [2.24, 2.45) is 17.8 Å². The van der Waals surface area contributed by atoms with E-state index in [1.165, 1.54) is 51.6 Å². The summed E-state index contributed by atoms with van der Waals surface area (Å²) in [4.78, 5) is 0. The number of hydrogen-bond donors (Lipinski definition) is 1. The quantitative estimate of drug-likeness (QED) is 0.674. The Balaban J connectivity index is 2.15. The van der Waals surface area contributed by atoms with Gasteiger partial charge < -0.3 is 5.32 Å². The van der Waals surface area contributed by atoms with E-state index in [4.69, 9.17) is 0 Å². The number of nitrogens with one attached hydrogen (secondary N) is 1. The average Bonchev–Trinajstić information content (AvgIpc) is 2.62.